The molecule has 2 fully saturated rings. The SMILES string of the molecule is COC1[C@H]2OP(=O)(O)OC[C@@H]2O[C@@H]1n1c(Sc2ccc(Cl)cc2)nc2c(N)ncnc21. The maximum atomic E-state index is 12.0. The number of fused-ring (bicyclic) bond motifs is 2. The number of phosphoric ester groups is 1. The van der Waals surface area contributed by atoms with Crippen LogP contribution in [0.15, 0.2) is 40.6 Å². The number of ether oxygens (including phenoxy) is 2. The topological polar surface area (TPSA) is 144 Å². The molecule has 14 heteroatoms. The van der Waals surface area contributed by atoms with Crippen molar-refractivity contribution >= 4 is 48.2 Å². The Morgan fingerprint density at radius 3 is 2.87 bits per heavy atom. The molecule has 2 unspecified atom stereocenters. The highest BCUT2D eigenvalue weighted by molar-refractivity contribution is 7.99. The molecule has 5 rings (SSSR count). The van der Waals surface area contributed by atoms with Crippen LogP contribution in [0.25, 0.3) is 11.2 Å². The third kappa shape index (κ3) is 3.83. The van der Waals surface area contributed by atoms with Crippen molar-refractivity contribution in [3.05, 3.63) is 35.6 Å². The molecule has 0 saturated carbocycles. The molecule has 2 aliphatic rings. The molecule has 3 N–H and O–H groups in total. The van der Waals surface area contributed by atoms with Crippen LogP contribution in [0.3, 0.4) is 0 Å². The Morgan fingerprint density at radius 1 is 1.35 bits per heavy atom. The van der Waals surface area contributed by atoms with Gasteiger partial charge in [0.05, 0.1) is 6.61 Å². The molecule has 31 heavy (non-hydrogen) atoms. The number of nitrogen functional groups attached to an aromatic ring is 1. The van der Waals surface area contributed by atoms with E-state index in [9.17, 15) is 9.46 Å². The number of aromatic nitrogens is 4. The minimum Gasteiger partial charge on any atom is -0.382 e. The number of nitrogens with zero attached hydrogens (tertiary/aromatic N) is 4. The Balaban J connectivity index is 1.60. The van der Waals surface area contributed by atoms with Crippen molar-refractivity contribution in [3.8, 4) is 0 Å². The zero-order valence-corrected chi connectivity index (χ0v) is 18.5. The predicted octanol–water partition coefficient (Wildman–Crippen LogP) is 2.64. The quantitative estimate of drug-likeness (QED) is 0.526. The monoisotopic (exact) mass is 485 g/mol. The molecule has 1 aromatic carbocycles. The third-order valence-electron chi connectivity index (χ3n) is 4.96. The summed E-state index contributed by atoms with van der Waals surface area (Å²) in [5.41, 5.74) is 6.86. The van der Waals surface area contributed by atoms with Crippen molar-refractivity contribution < 1.29 is 28.0 Å². The number of hydrogen-bond acceptors (Lipinski definition) is 10. The number of nitrogens with two attached hydrogens (primary N) is 1. The number of rotatable bonds is 4. The van der Waals surface area contributed by atoms with Crippen molar-refractivity contribution in [2.24, 2.45) is 0 Å². The second-order valence-corrected chi connectivity index (χ2v) is 9.73. The van der Waals surface area contributed by atoms with E-state index in [0.717, 1.165) is 4.90 Å². The first-order chi connectivity index (χ1) is 14.9. The fraction of sp³-hybridized carbons (Fsp3) is 0.353. The first kappa shape index (κ1) is 21.1. The molecule has 0 spiro atoms. The summed E-state index contributed by atoms with van der Waals surface area (Å²) in [6.07, 6.45) is -1.60. The van der Waals surface area contributed by atoms with Gasteiger partial charge in [0.1, 0.15) is 24.6 Å². The summed E-state index contributed by atoms with van der Waals surface area (Å²) in [6, 6.07) is 7.25. The van der Waals surface area contributed by atoms with Crippen LogP contribution in [0.4, 0.5) is 5.82 Å². The number of imidazole rings is 1. The van der Waals surface area contributed by atoms with Gasteiger partial charge in [-0.1, -0.05) is 23.4 Å². The van der Waals surface area contributed by atoms with E-state index in [-0.39, 0.29) is 12.4 Å². The van der Waals surface area contributed by atoms with E-state index in [1.807, 2.05) is 12.1 Å². The van der Waals surface area contributed by atoms with Crippen molar-refractivity contribution in [1.29, 1.82) is 0 Å². The largest absolute Gasteiger partial charge is 0.472 e. The van der Waals surface area contributed by atoms with Crippen molar-refractivity contribution in [1.82, 2.24) is 19.5 Å². The highest BCUT2D eigenvalue weighted by Gasteiger charge is 2.54. The molecule has 2 aliphatic heterocycles. The van der Waals surface area contributed by atoms with Crippen LogP contribution in [0.5, 0.6) is 0 Å². The molecule has 11 nitrogen and oxygen atoms in total. The Kier molecular flexibility index (Phi) is 5.43. The van der Waals surface area contributed by atoms with Gasteiger partial charge < -0.3 is 20.1 Å². The van der Waals surface area contributed by atoms with E-state index in [0.29, 0.717) is 21.3 Å². The Labute approximate surface area is 185 Å². The van der Waals surface area contributed by atoms with Gasteiger partial charge >= 0.3 is 7.82 Å². The summed E-state index contributed by atoms with van der Waals surface area (Å²) in [5, 5.41) is 1.13. The van der Waals surface area contributed by atoms with Crippen molar-refractivity contribution in [2.45, 2.75) is 34.6 Å². The van der Waals surface area contributed by atoms with Gasteiger partial charge in [0, 0.05) is 17.0 Å². The molecule has 3 aromatic rings. The molecular formula is C17H17ClN5O6PS. The molecule has 0 bridgehead atoms. The molecule has 0 amide bonds. The Bertz CT molecular complexity index is 1180. The van der Waals surface area contributed by atoms with E-state index in [1.54, 1.807) is 16.7 Å². The second-order valence-electron chi connectivity index (χ2n) is 6.85. The van der Waals surface area contributed by atoms with Crippen LogP contribution in [-0.2, 0) is 23.1 Å². The van der Waals surface area contributed by atoms with E-state index in [1.165, 1.54) is 25.2 Å². The van der Waals surface area contributed by atoms with Gasteiger partial charge in [-0.3, -0.25) is 13.6 Å². The van der Waals surface area contributed by atoms with Crippen LogP contribution in [0.1, 0.15) is 6.23 Å². The van der Waals surface area contributed by atoms with E-state index >= 15 is 0 Å². The smallest absolute Gasteiger partial charge is 0.382 e. The van der Waals surface area contributed by atoms with E-state index in [2.05, 4.69) is 15.0 Å². The summed E-state index contributed by atoms with van der Waals surface area (Å²) < 4.78 is 35.6. The zero-order valence-electron chi connectivity index (χ0n) is 16.0. The molecule has 2 aromatic heterocycles. The Morgan fingerprint density at radius 2 is 2.13 bits per heavy atom. The van der Waals surface area contributed by atoms with Gasteiger partial charge in [-0.05, 0) is 24.3 Å². The Hall–Kier alpha value is -1.76. The van der Waals surface area contributed by atoms with Gasteiger partial charge in [0.25, 0.3) is 0 Å². The summed E-state index contributed by atoms with van der Waals surface area (Å²) in [5.74, 6) is 0.213. The summed E-state index contributed by atoms with van der Waals surface area (Å²) >= 11 is 7.34. The van der Waals surface area contributed by atoms with Gasteiger partial charge in [-0.25, -0.2) is 19.5 Å². The number of phosphoric acid groups is 1. The maximum Gasteiger partial charge on any atom is 0.472 e. The highest BCUT2D eigenvalue weighted by Crippen LogP contribution is 2.53. The number of hydrogen-bond donors (Lipinski definition) is 2. The highest BCUT2D eigenvalue weighted by atomic mass is 35.5. The lowest BCUT2D eigenvalue weighted by atomic mass is 10.1. The maximum absolute atomic E-state index is 12.0. The van der Waals surface area contributed by atoms with Crippen LogP contribution < -0.4 is 5.73 Å². The summed E-state index contributed by atoms with van der Waals surface area (Å²) in [7, 11) is -2.71. The molecule has 2 saturated heterocycles. The number of anilines is 1. The second kappa shape index (κ2) is 7.98. The van der Waals surface area contributed by atoms with Crippen LogP contribution in [0.2, 0.25) is 5.02 Å². The fourth-order valence-electron chi connectivity index (χ4n) is 3.60. The lowest BCUT2D eigenvalue weighted by Gasteiger charge is -2.29. The normalized spacial score (nSPS) is 30.5. The average Bonchev–Trinajstić information content (AvgIpc) is 3.26. The molecule has 0 aliphatic carbocycles. The van der Waals surface area contributed by atoms with Crippen LogP contribution >= 0.6 is 31.2 Å². The number of methoxy groups -OCH3 is 1. The molecular weight excluding hydrogens is 469 g/mol. The van der Waals surface area contributed by atoms with Gasteiger partial charge in [0.2, 0.25) is 0 Å². The minimum absolute atomic E-state index is 0.113. The molecule has 164 valence electrons. The van der Waals surface area contributed by atoms with Crippen molar-refractivity contribution in [2.75, 3.05) is 19.5 Å². The standard InChI is InChI=1S/C17H17ClN5O6PS/c1-26-13-12-10(6-27-30(24,25)29-12)28-16(13)23-15-11(14(19)20-7-21-15)22-17(23)31-9-4-2-8(18)3-5-9/h2-5,7,10,12-13,16H,6H2,1H3,(H,24,25)(H2,19,20,21)/t10-,12-,13?,16-/m0/s1. The van der Waals surface area contributed by atoms with Gasteiger partial charge in [-0.15, -0.1) is 0 Å². The van der Waals surface area contributed by atoms with Crippen molar-refractivity contribution in [3.63, 3.8) is 0 Å². The predicted molar refractivity (Wildman–Crippen MR) is 111 cm³/mol. The molecule has 0 radical (unpaired) electrons. The zero-order chi connectivity index (χ0) is 21.8. The van der Waals surface area contributed by atoms with Gasteiger partial charge in [-0.2, -0.15) is 0 Å². The summed E-state index contributed by atoms with van der Waals surface area (Å²) in [6.45, 7) is -0.113. The number of benzene rings is 1. The fourth-order valence-corrected chi connectivity index (χ4v) is 5.59. The lowest BCUT2D eigenvalue weighted by molar-refractivity contribution is -0.0690. The van der Waals surface area contributed by atoms with E-state index in [4.69, 9.17) is 35.9 Å². The molecule has 4 heterocycles. The van der Waals surface area contributed by atoms with E-state index < -0.39 is 32.4 Å². The molecule has 5 atom stereocenters. The third-order valence-corrected chi connectivity index (χ3v) is 7.18. The first-order valence-corrected chi connectivity index (χ1v) is 11.8. The summed E-state index contributed by atoms with van der Waals surface area (Å²) in [4.78, 5) is 23.6. The number of halogens is 1. The first-order valence-electron chi connectivity index (χ1n) is 9.12. The van der Waals surface area contributed by atoms with Crippen LogP contribution in [-0.4, -0.2) is 56.4 Å². The average molecular weight is 486 g/mol. The lowest BCUT2D eigenvalue weighted by Crippen LogP contribution is -2.40. The van der Waals surface area contributed by atoms with Gasteiger partial charge in [0.15, 0.2) is 28.4 Å². The van der Waals surface area contributed by atoms with Crippen LogP contribution in [0, 0.1) is 0 Å². The minimum atomic E-state index is -4.19.